The first-order chi connectivity index (χ1) is 19.4. The van der Waals surface area contributed by atoms with Crippen molar-refractivity contribution in [3.8, 4) is 11.8 Å². The first-order valence-corrected chi connectivity index (χ1v) is 14.4. The topological polar surface area (TPSA) is 91.2 Å². The van der Waals surface area contributed by atoms with Crippen LogP contribution in [-0.4, -0.2) is 17.4 Å². The van der Waals surface area contributed by atoms with E-state index in [0.29, 0.717) is 35.0 Å². The van der Waals surface area contributed by atoms with Gasteiger partial charge in [0.05, 0.1) is 28.3 Å². The average molecular weight is 550 g/mol. The molecule has 1 aliphatic carbocycles. The van der Waals surface area contributed by atoms with Gasteiger partial charge in [0.2, 0.25) is 5.91 Å². The smallest absolute Gasteiger partial charge is 0.234 e. The number of carbonyl (C=O) groups excluding carboxylic acids is 2. The van der Waals surface area contributed by atoms with Crippen molar-refractivity contribution >= 4 is 29.1 Å². The van der Waals surface area contributed by atoms with E-state index < -0.39 is 5.92 Å². The first-order valence-electron chi connectivity index (χ1n) is 13.4. The second-order valence-electron chi connectivity index (χ2n) is 10.1. The zero-order chi connectivity index (χ0) is 28.1. The zero-order valence-corrected chi connectivity index (χ0v) is 23.4. The lowest BCUT2D eigenvalue weighted by Gasteiger charge is -2.33. The fraction of sp³-hybridized carbons (Fsp3) is 0.242. The molecule has 1 amide bonds. The minimum Gasteiger partial charge on any atom is -0.489 e. The van der Waals surface area contributed by atoms with Gasteiger partial charge in [-0.3, -0.25) is 9.59 Å². The molecule has 0 aromatic heterocycles. The molecular formula is C33H31N3O3S. The van der Waals surface area contributed by atoms with Crippen LogP contribution in [0.25, 0.3) is 0 Å². The van der Waals surface area contributed by atoms with Crippen LogP contribution in [0.2, 0.25) is 0 Å². The molecule has 5 rings (SSSR count). The Hall–Kier alpha value is -4.28. The highest BCUT2D eigenvalue weighted by Gasteiger charge is 2.37. The Morgan fingerprint density at radius 2 is 1.82 bits per heavy atom. The third-order valence-corrected chi connectivity index (χ3v) is 8.28. The Bertz CT molecular complexity index is 1540. The maximum Gasteiger partial charge on any atom is 0.234 e. The molecule has 2 N–H and O–H groups in total. The van der Waals surface area contributed by atoms with Gasteiger partial charge in [0.25, 0.3) is 0 Å². The molecule has 0 unspecified atom stereocenters. The van der Waals surface area contributed by atoms with Gasteiger partial charge in [0.15, 0.2) is 5.78 Å². The lowest BCUT2D eigenvalue weighted by molar-refractivity contribution is -0.116. The van der Waals surface area contributed by atoms with Gasteiger partial charge in [0.1, 0.15) is 12.4 Å². The van der Waals surface area contributed by atoms with E-state index in [1.165, 1.54) is 11.8 Å². The summed E-state index contributed by atoms with van der Waals surface area (Å²) in [6, 6.07) is 25.7. The number of anilines is 1. The van der Waals surface area contributed by atoms with Crippen molar-refractivity contribution in [3.05, 3.63) is 117 Å². The molecule has 40 heavy (non-hydrogen) atoms. The van der Waals surface area contributed by atoms with Gasteiger partial charge < -0.3 is 15.4 Å². The monoisotopic (exact) mass is 549 g/mol. The molecule has 0 radical (unpaired) electrons. The summed E-state index contributed by atoms with van der Waals surface area (Å²) < 4.78 is 5.95. The number of amides is 1. The molecule has 3 aromatic rings. The number of dihydropyridines is 1. The quantitative estimate of drug-likeness (QED) is 0.326. The van der Waals surface area contributed by atoms with E-state index >= 15 is 0 Å². The fourth-order valence-electron chi connectivity index (χ4n) is 5.02. The predicted octanol–water partition coefficient (Wildman–Crippen LogP) is 6.68. The van der Waals surface area contributed by atoms with E-state index in [1.807, 2.05) is 86.6 Å². The second-order valence-corrected chi connectivity index (χ2v) is 11.0. The second kappa shape index (κ2) is 12.3. The highest BCUT2D eigenvalue weighted by atomic mass is 32.2. The number of benzene rings is 3. The molecule has 1 aliphatic heterocycles. The van der Waals surface area contributed by atoms with E-state index in [-0.39, 0.29) is 17.4 Å². The van der Waals surface area contributed by atoms with Gasteiger partial charge in [-0.05, 0) is 73.2 Å². The molecule has 0 bridgehead atoms. The van der Waals surface area contributed by atoms with E-state index in [4.69, 9.17) is 4.74 Å². The lowest BCUT2D eigenvalue weighted by Crippen LogP contribution is -2.31. The van der Waals surface area contributed by atoms with Crippen LogP contribution in [0.3, 0.4) is 0 Å². The van der Waals surface area contributed by atoms with Gasteiger partial charge in [-0.2, -0.15) is 5.26 Å². The van der Waals surface area contributed by atoms with Gasteiger partial charge >= 0.3 is 0 Å². The molecule has 7 heteroatoms. The summed E-state index contributed by atoms with van der Waals surface area (Å²) in [5.74, 6) is 0.271. The number of carbonyl (C=O) groups is 2. The highest BCUT2D eigenvalue weighted by molar-refractivity contribution is 8.03. The van der Waals surface area contributed by atoms with Crippen molar-refractivity contribution < 1.29 is 14.3 Å². The summed E-state index contributed by atoms with van der Waals surface area (Å²) in [4.78, 5) is 25.9. The SMILES string of the molecule is Cc1ccc(NC(=O)CSC2=C(C#N)[C@H](c3ccc(OCc4ccccc4)cc3)C3=C(CCCC3=O)N2)cc1C. The molecule has 2 aliphatic rings. The summed E-state index contributed by atoms with van der Waals surface area (Å²) in [6.45, 7) is 4.49. The van der Waals surface area contributed by atoms with Crippen molar-refractivity contribution in [1.82, 2.24) is 5.32 Å². The molecule has 0 fully saturated rings. The Kier molecular flexibility index (Phi) is 8.37. The summed E-state index contributed by atoms with van der Waals surface area (Å²) in [5, 5.41) is 17.2. The van der Waals surface area contributed by atoms with Crippen LogP contribution >= 0.6 is 11.8 Å². The van der Waals surface area contributed by atoms with E-state index in [1.54, 1.807) is 0 Å². The van der Waals surface area contributed by atoms with Crippen molar-refractivity contribution in [1.29, 1.82) is 5.26 Å². The predicted molar refractivity (Wildman–Crippen MR) is 159 cm³/mol. The minimum absolute atomic E-state index is 0.0624. The van der Waals surface area contributed by atoms with Crippen molar-refractivity contribution in [3.63, 3.8) is 0 Å². The molecule has 1 heterocycles. The molecule has 6 nitrogen and oxygen atoms in total. The van der Waals surface area contributed by atoms with Gasteiger partial charge in [-0.1, -0.05) is 60.3 Å². The number of nitriles is 1. The number of rotatable bonds is 8. The number of allylic oxidation sites excluding steroid dienone is 3. The Morgan fingerprint density at radius 3 is 2.55 bits per heavy atom. The third kappa shape index (κ3) is 6.13. The summed E-state index contributed by atoms with van der Waals surface area (Å²) in [6.07, 6.45) is 1.96. The molecule has 0 saturated heterocycles. The Balaban J connectivity index is 1.36. The number of hydrogen-bond donors (Lipinski definition) is 2. The highest BCUT2D eigenvalue weighted by Crippen LogP contribution is 2.44. The number of Topliss-reactive ketones (excluding diaryl/α,β-unsaturated/α-hetero) is 1. The van der Waals surface area contributed by atoms with Gasteiger partial charge in [0, 0.05) is 23.4 Å². The Morgan fingerprint density at radius 1 is 1.05 bits per heavy atom. The maximum atomic E-state index is 13.1. The largest absolute Gasteiger partial charge is 0.489 e. The molecule has 0 spiro atoms. The summed E-state index contributed by atoms with van der Waals surface area (Å²) >= 11 is 1.29. The van der Waals surface area contributed by atoms with Crippen LogP contribution in [0, 0.1) is 25.2 Å². The summed E-state index contributed by atoms with van der Waals surface area (Å²) in [7, 11) is 0. The first kappa shape index (κ1) is 27.3. The van der Waals surface area contributed by atoms with Gasteiger partial charge in [-0.25, -0.2) is 0 Å². The maximum absolute atomic E-state index is 13.1. The zero-order valence-electron chi connectivity index (χ0n) is 22.6. The van der Waals surface area contributed by atoms with Crippen molar-refractivity contribution in [2.24, 2.45) is 0 Å². The molecular weight excluding hydrogens is 518 g/mol. The van der Waals surface area contributed by atoms with Crippen LogP contribution in [0.4, 0.5) is 5.69 Å². The van der Waals surface area contributed by atoms with E-state index in [2.05, 4.69) is 16.7 Å². The number of thioether (sulfide) groups is 1. The molecule has 202 valence electrons. The number of nitrogens with zero attached hydrogens (tertiary/aromatic N) is 1. The van der Waals surface area contributed by atoms with Crippen molar-refractivity contribution in [2.75, 3.05) is 11.1 Å². The standard InChI is InChI=1S/C33H31N3O3S/c1-21-11-14-25(17-22(21)2)35-30(38)20-40-33-27(18-34)31(32-28(36-33)9-6-10-29(32)37)24-12-15-26(16-13-24)39-19-23-7-4-3-5-8-23/h3-5,7-8,11-17,31,36H,6,9-10,19-20H2,1-2H3,(H,35,38)/t31-/m0/s1. The van der Waals surface area contributed by atoms with Crippen LogP contribution in [-0.2, 0) is 16.2 Å². The van der Waals surface area contributed by atoms with Crippen LogP contribution in [0.1, 0.15) is 47.4 Å². The van der Waals surface area contributed by atoms with Crippen LogP contribution in [0.5, 0.6) is 5.75 Å². The van der Waals surface area contributed by atoms with E-state index in [9.17, 15) is 14.9 Å². The number of ketones is 1. The van der Waals surface area contributed by atoms with Crippen molar-refractivity contribution in [2.45, 2.75) is 45.6 Å². The van der Waals surface area contributed by atoms with Crippen LogP contribution < -0.4 is 15.4 Å². The normalized spacial score (nSPS) is 16.6. The van der Waals surface area contributed by atoms with E-state index in [0.717, 1.165) is 46.5 Å². The molecule has 3 aromatic carbocycles. The Labute approximate surface area is 239 Å². The average Bonchev–Trinajstić information content (AvgIpc) is 2.97. The number of ether oxygens (including phenoxy) is 1. The summed E-state index contributed by atoms with van der Waals surface area (Å²) in [5.41, 5.74) is 6.90. The third-order valence-electron chi connectivity index (χ3n) is 7.26. The fourth-order valence-corrected chi connectivity index (χ4v) is 5.88. The van der Waals surface area contributed by atoms with Gasteiger partial charge in [-0.15, -0.1) is 0 Å². The number of aryl methyl sites for hydroxylation is 2. The lowest BCUT2D eigenvalue weighted by atomic mass is 9.77. The minimum atomic E-state index is -0.484. The molecule has 1 atom stereocenters. The molecule has 0 saturated carbocycles. The number of nitrogens with one attached hydrogen (secondary N) is 2. The number of hydrogen-bond acceptors (Lipinski definition) is 6. The van der Waals surface area contributed by atoms with Crippen LogP contribution in [0.15, 0.2) is 94.7 Å².